The van der Waals surface area contributed by atoms with Crippen molar-refractivity contribution in [2.24, 2.45) is 0 Å². The van der Waals surface area contributed by atoms with Gasteiger partial charge in [0.1, 0.15) is 6.04 Å². The van der Waals surface area contributed by atoms with Gasteiger partial charge in [0.15, 0.2) is 0 Å². The van der Waals surface area contributed by atoms with Gasteiger partial charge in [-0.1, -0.05) is 52.3 Å². The molecule has 0 bridgehead atoms. The molecule has 0 heterocycles. The average Bonchev–Trinajstić information content (AvgIpc) is 2.66. The van der Waals surface area contributed by atoms with Gasteiger partial charge < -0.3 is 10.2 Å². The van der Waals surface area contributed by atoms with E-state index < -0.39 is 6.04 Å². The van der Waals surface area contributed by atoms with Crippen molar-refractivity contribution >= 4 is 39.5 Å². The lowest BCUT2D eigenvalue weighted by Crippen LogP contribution is -2.47. The van der Waals surface area contributed by atoms with Crippen LogP contribution in [-0.4, -0.2) is 35.6 Å². The molecule has 2 aromatic carbocycles. The third-order valence-electron chi connectivity index (χ3n) is 4.40. The molecule has 0 spiro atoms. The second-order valence-corrected chi connectivity index (χ2v) is 8.26. The quantitative estimate of drug-likeness (QED) is 0.659. The van der Waals surface area contributed by atoms with Gasteiger partial charge in [0.25, 0.3) is 0 Å². The van der Waals surface area contributed by atoms with E-state index >= 15 is 0 Å². The van der Waals surface area contributed by atoms with Gasteiger partial charge >= 0.3 is 0 Å². The molecule has 2 rings (SSSR count). The molecule has 0 fully saturated rings. The Morgan fingerprint density at radius 3 is 2.59 bits per heavy atom. The zero-order valence-corrected chi connectivity index (χ0v) is 18.3. The van der Waals surface area contributed by atoms with Crippen LogP contribution in [0.25, 0.3) is 0 Å². The minimum absolute atomic E-state index is 0.0374. The molecular formula is C21H25BrN2O2S. The van der Waals surface area contributed by atoms with Gasteiger partial charge in [0.2, 0.25) is 11.8 Å². The van der Waals surface area contributed by atoms with E-state index in [0.29, 0.717) is 12.3 Å². The zero-order chi connectivity index (χ0) is 19.8. The van der Waals surface area contributed by atoms with Crippen LogP contribution < -0.4 is 5.32 Å². The summed E-state index contributed by atoms with van der Waals surface area (Å²) in [6.07, 6.45) is 0. The molecule has 0 aliphatic rings. The first-order valence-electron chi connectivity index (χ1n) is 8.80. The number of nitrogens with zero attached hydrogens (tertiary/aromatic N) is 1. The number of hydrogen-bond acceptors (Lipinski definition) is 3. The monoisotopic (exact) mass is 448 g/mol. The summed E-state index contributed by atoms with van der Waals surface area (Å²) >= 11 is 5.03. The molecule has 2 amide bonds. The Morgan fingerprint density at radius 2 is 1.93 bits per heavy atom. The minimum Gasteiger partial charge on any atom is -0.357 e. The number of thioether (sulfide) groups is 1. The van der Waals surface area contributed by atoms with Crippen LogP contribution in [0.1, 0.15) is 23.6 Å². The van der Waals surface area contributed by atoms with E-state index in [1.807, 2.05) is 36.4 Å². The molecule has 27 heavy (non-hydrogen) atoms. The SMILES string of the molecule is CNC(=O)[C@@H](C)N(Cc1cccc(Br)c1)C(=O)CSCc1ccccc1C. The van der Waals surface area contributed by atoms with E-state index in [1.54, 1.807) is 30.6 Å². The predicted octanol–water partition coefficient (Wildman–Crippen LogP) is 4.15. The summed E-state index contributed by atoms with van der Waals surface area (Å²) in [4.78, 5) is 26.7. The number of halogens is 1. The van der Waals surface area contributed by atoms with Gasteiger partial charge in [-0.05, 0) is 42.7 Å². The Labute approximate surface area is 173 Å². The zero-order valence-electron chi connectivity index (χ0n) is 15.9. The minimum atomic E-state index is -0.527. The fourth-order valence-corrected chi connectivity index (χ4v) is 4.16. The maximum Gasteiger partial charge on any atom is 0.242 e. The highest BCUT2D eigenvalue weighted by Crippen LogP contribution is 2.19. The lowest BCUT2D eigenvalue weighted by atomic mass is 10.1. The van der Waals surface area contributed by atoms with E-state index in [1.165, 1.54) is 11.1 Å². The number of benzene rings is 2. The first kappa shape index (κ1) is 21.5. The summed E-state index contributed by atoms with van der Waals surface area (Å²) in [6, 6.07) is 15.5. The number of aryl methyl sites for hydroxylation is 1. The number of carbonyl (C=O) groups excluding carboxylic acids is 2. The number of rotatable bonds is 8. The van der Waals surface area contributed by atoms with E-state index in [-0.39, 0.29) is 11.8 Å². The van der Waals surface area contributed by atoms with Crippen LogP contribution >= 0.6 is 27.7 Å². The summed E-state index contributed by atoms with van der Waals surface area (Å²) in [5.41, 5.74) is 3.44. The summed E-state index contributed by atoms with van der Waals surface area (Å²) in [5.74, 6) is 0.910. The van der Waals surface area contributed by atoms with Crippen LogP contribution in [0, 0.1) is 6.92 Å². The maximum absolute atomic E-state index is 12.9. The van der Waals surface area contributed by atoms with E-state index in [4.69, 9.17) is 0 Å². The predicted molar refractivity (Wildman–Crippen MR) is 116 cm³/mol. The van der Waals surface area contributed by atoms with Crippen molar-refractivity contribution in [2.75, 3.05) is 12.8 Å². The van der Waals surface area contributed by atoms with Gasteiger partial charge in [-0.15, -0.1) is 11.8 Å². The van der Waals surface area contributed by atoms with Gasteiger partial charge in [-0.25, -0.2) is 0 Å². The van der Waals surface area contributed by atoms with E-state index in [2.05, 4.69) is 40.3 Å². The third kappa shape index (κ3) is 6.40. The van der Waals surface area contributed by atoms with E-state index in [0.717, 1.165) is 15.8 Å². The normalized spacial score (nSPS) is 11.7. The molecule has 0 aromatic heterocycles. The highest BCUT2D eigenvalue weighted by molar-refractivity contribution is 9.10. The molecule has 0 radical (unpaired) electrons. The Balaban J connectivity index is 2.06. The second-order valence-electron chi connectivity index (χ2n) is 6.36. The Bertz CT molecular complexity index is 797. The molecule has 0 aliphatic carbocycles. The summed E-state index contributed by atoms with van der Waals surface area (Å²) in [6.45, 7) is 4.24. The van der Waals surface area contributed by atoms with Gasteiger partial charge in [0, 0.05) is 23.8 Å². The standard InChI is InChI=1S/C21H25BrN2O2S/c1-15-7-4-5-9-18(15)13-27-14-20(25)24(16(2)21(26)23-3)12-17-8-6-10-19(22)11-17/h4-11,16H,12-14H2,1-3H3,(H,23,26)/t16-/m1/s1. The smallest absolute Gasteiger partial charge is 0.242 e. The van der Waals surface area contributed by atoms with Crippen LogP contribution in [-0.2, 0) is 21.9 Å². The molecule has 0 saturated heterocycles. The summed E-state index contributed by atoms with van der Waals surface area (Å²) < 4.78 is 0.953. The molecule has 144 valence electrons. The lowest BCUT2D eigenvalue weighted by Gasteiger charge is -2.28. The van der Waals surface area contributed by atoms with Crippen LogP contribution in [0.15, 0.2) is 53.0 Å². The Morgan fingerprint density at radius 1 is 1.19 bits per heavy atom. The number of nitrogens with one attached hydrogen (secondary N) is 1. The molecule has 0 unspecified atom stereocenters. The fraction of sp³-hybridized carbons (Fsp3) is 0.333. The van der Waals surface area contributed by atoms with Crippen molar-refractivity contribution < 1.29 is 9.59 Å². The molecular weight excluding hydrogens is 424 g/mol. The van der Waals surface area contributed by atoms with Crippen molar-refractivity contribution in [3.8, 4) is 0 Å². The maximum atomic E-state index is 12.9. The highest BCUT2D eigenvalue weighted by Gasteiger charge is 2.25. The van der Waals surface area contributed by atoms with Gasteiger partial charge in [0.05, 0.1) is 5.75 Å². The van der Waals surface area contributed by atoms with Crippen molar-refractivity contribution in [1.82, 2.24) is 10.2 Å². The molecule has 2 aromatic rings. The highest BCUT2D eigenvalue weighted by atomic mass is 79.9. The van der Waals surface area contributed by atoms with Gasteiger partial charge in [-0.2, -0.15) is 0 Å². The average molecular weight is 449 g/mol. The van der Waals surface area contributed by atoms with Crippen LogP contribution in [0.4, 0.5) is 0 Å². The fourth-order valence-electron chi connectivity index (χ4n) is 2.73. The molecule has 0 saturated carbocycles. The lowest BCUT2D eigenvalue weighted by molar-refractivity contribution is -0.138. The molecule has 1 atom stereocenters. The van der Waals surface area contributed by atoms with Crippen molar-refractivity contribution in [1.29, 1.82) is 0 Å². The Hall–Kier alpha value is -1.79. The second kappa shape index (κ2) is 10.5. The van der Waals surface area contributed by atoms with Crippen molar-refractivity contribution in [3.63, 3.8) is 0 Å². The number of carbonyl (C=O) groups is 2. The molecule has 1 N–H and O–H groups in total. The van der Waals surface area contributed by atoms with Gasteiger partial charge in [-0.3, -0.25) is 9.59 Å². The third-order valence-corrected chi connectivity index (χ3v) is 5.86. The van der Waals surface area contributed by atoms with Crippen molar-refractivity contribution in [3.05, 3.63) is 69.7 Å². The number of likely N-dealkylation sites (N-methyl/N-ethyl adjacent to an activating group) is 1. The first-order valence-corrected chi connectivity index (χ1v) is 10.7. The summed E-state index contributed by atoms with van der Waals surface area (Å²) in [5, 5.41) is 2.64. The first-order chi connectivity index (χ1) is 12.9. The molecule has 4 nitrogen and oxygen atoms in total. The Kier molecular flexibility index (Phi) is 8.38. The van der Waals surface area contributed by atoms with Crippen LogP contribution in [0.3, 0.4) is 0 Å². The molecule has 0 aliphatic heterocycles. The van der Waals surface area contributed by atoms with Crippen LogP contribution in [0.2, 0.25) is 0 Å². The molecule has 6 heteroatoms. The van der Waals surface area contributed by atoms with E-state index in [9.17, 15) is 9.59 Å². The largest absolute Gasteiger partial charge is 0.357 e. The van der Waals surface area contributed by atoms with Crippen molar-refractivity contribution in [2.45, 2.75) is 32.2 Å². The topological polar surface area (TPSA) is 49.4 Å². The number of hydrogen-bond donors (Lipinski definition) is 1. The summed E-state index contributed by atoms with van der Waals surface area (Å²) in [7, 11) is 1.59. The van der Waals surface area contributed by atoms with Crippen LogP contribution in [0.5, 0.6) is 0 Å². The number of amides is 2.